The summed E-state index contributed by atoms with van der Waals surface area (Å²) in [4.78, 5) is 0. The lowest BCUT2D eigenvalue weighted by Crippen LogP contribution is -2.08. The van der Waals surface area contributed by atoms with Gasteiger partial charge in [0.15, 0.2) is 0 Å². The van der Waals surface area contributed by atoms with E-state index in [0.717, 1.165) is 0 Å². The van der Waals surface area contributed by atoms with E-state index in [0.29, 0.717) is 0 Å². The van der Waals surface area contributed by atoms with E-state index in [9.17, 15) is 0 Å². The topological polar surface area (TPSA) is 25.1 Å². The average molecular weight is 234 g/mol. The quantitative estimate of drug-likeness (QED) is 0.650. The second kappa shape index (κ2) is 2.40. The van der Waals surface area contributed by atoms with Crippen molar-refractivity contribution >= 4 is 0 Å². The Morgan fingerprint density at radius 1 is 0.556 bits per heavy atom. The molecular formula is C16H10O2. The Hall–Kier alpha value is -1.64. The summed E-state index contributed by atoms with van der Waals surface area (Å²) in [6.07, 6.45) is 1.16. The smallest absolute Gasteiger partial charge is 0.114 e. The highest BCUT2D eigenvalue weighted by Gasteiger charge is 2.55. The lowest BCUT2D eigenvalue weighted by molar-refractivity contribution is 0.376. The van der Waals surface area contributed by atoms with Gasteiger partial charge in [-0.1, -0.05) is 36.4 Å². The molecule has 2 aromatic rings. The molecule has 0 amide bonds. The van der Waals surface area contributed by atoms with Crippen LogP contribution in [-0.4, -0.2) is 0 Å². The van der Waals surface area contributed by atoms with Gasteiger partial charge in [-0.2, -0.15) is 0 Å². The zero-order valence-corrected chi connectivity index (χ0v) is 9.59. The van der Waals surface area contributed by atoms with Crippen molar-refractivity contribution in [1.82, 2.24) is 0 Å². The molecule has 2 aliphatic heterocycles. The summed E-state index contributed by atoms with van der Waals surface area (Å²) in [5.74, 6) is 0. The van der Waals surface area contributed by atoms with Crippen molar-refractivity contribution in [3.05, 3.63) is 58.7 Å². The molecule has 6 rings (SSSR count). The number of benzene rings is 2. The molecule has 2 aromatic carbocycles. The van der Waals surface area contributed by atoms with E-state index in [1.807, 2.05) is 0 Å². The van der Waals surface area contributed by atoms with Crippen molar-refractivity contribution in [3.63, 3.8) is 0 Å². The Labute approximate surface area is 104 Å². The van der Waals surface area contributed by atoms with Gasteiger partial charge < -0.3 is 9.47 Å². The first-order chi connectivity index (χ1) is 8.93. The number of ether oxygens (including phenoxy) is 2. The SMILES string of the molecule is c1cc2c3c(c1)[C@@H]1O[C@@H]1c1cccc(c1-3)[C@@H]1O[C@H]21. The van der Waals surface area contributed by atoms with Crippen LogP contribution in [0.3, 0.4) is 0 Å². The van der Waals surface area contributed by atoms with Crippen molar-refractivity contribution in [2.75, 3.05) is 0 Å². The molecule has 0 unspecified atom stereocenters. The van der Waals surface area contributed by atoms with Gasteiger partial charge in [-0.3, -0.25) is 0 Å². The van der Waals surface area contributed by atoms with E-state index in [1.165, 1.54) is 33.4 Å². The molecule has 2 saturated heterocycles. The van der Waals surface area contributed by atoms with E-state index >= 15 is 0 Å². The maximum Gasteiger partial charge on any atom is 0.114 e. The van der Waals surface area contributed by atoms with Crippen LogP contribution >= 0.6 is 0 Å². The summed E-state index contributed by atoms with van der Waals surface area (Å²) in [7, 11) is 0. The monoisotopic (exact) mass is 234 g/mol. The zero-order valence-electron chi connectivity index (χ0n) is 9.59. The highest BCUT2D eigenvalue weighted by Crippen LogP contribution is 2.67. The summed E-state index contributed by atoms with van der Waals surface area (Å²) in [5.41, 5.74) is 8.27. The normalized spacial score (nSPS) is 35.3. The van der Waals surface area contributed by atoms with Gasteiger partial charge in [0.05, 0.1) is 0 Å². The van der Waals surface area contributed by atoms with Crippen LogP contribution in [0, 0.1) is 0 Å². The Balaban J connectivity index is 1.86. The Morgan fingerprint density at radius 2 is 0.889 bits per heavy atom. The first-order valence-electron chi connectivity index (χ1n) is 6.50. The standard InChI is InChI=1S/C16H10O2/c1-3-7-11-8(4-1)14-16(18-14)10-6-2-5-9(12(10)11)15-13(7)17-15/h1-6,13-16H/t13-,14+,15+,16-. The lowest BCUT2D eigenvalue weighted by Gasteiger charge is -2.24. The van der Waals surface area contributed by atoms with Crippen LogP contribution in [0.15, 0.2) is 36.4 Å². The van der Waals surface area contributed by atoms with Gasteiger partial charge in [-0.05, 0) is 33.4 Å². The van der Waals surface area contributed by atoms with Crippen molar-refractivity contribution in [2.24, 2.45) is 0 Å². The number of hydrogen-bond acceptors (Lipinski definition) is 2. The second-order valence-electron chi connectivity index (χ2n) is 5.58. The third-order valence-electron chi connectivity index (χ3n) is 4.72. The van der Waals surface area contributed by atoms with E-state index < -0.39 is 0 Å². The predicted octanol–water partition coefficient (Wildman–Crippen LogP) is 3.61. The minimum atomic E-state index is 0.290. The first-order valence-corrected chi connectivity index (χ1v) is 6.50. The molecule has 0 saturated carbocycles. The highest BCUT2D eigenvalue weighted by molar-refractivity contribution is 5.84. The molecule has 2 aliphatic carbocycles. The van der Waals surface area contributed by atoms with Crippen LogP contribution in [0.25, 0.3) is 11.1 Å². The van der Waals surface area contributed by atoms with Crippen LogP contribution in [0.1, 0.15) is 46.7 Å². The van der Waals surface area contributed by atoms with Crippen LogP contribution in [-0.2, 0) is 9.47 Å². The maximum atomic E-state index is 5.88. The fourth-order valence-electron chi connectivity index (χ4n) is 3.87. The molecule has 2 heterocycles. The van der Waals surface area contributed by atoms with Crippen LogP contribution < -0.4 is 0 Å². The molecule has 18 heavy (non-hydrogen) atoms. The summed E-state index contributed by atoms with van der Waals surface area (Å²) in [6.45, 7) is 0. The van der Waals surface area contributed by atoms with E-state index in [1.54, 1.807) is 0 Å². The second-order valence-corrected chi connectivity index (χ2v) is 5.58. The first kappa shape index (κ1) is 8.46. The fraction of sp³-hybridized carbons (Fsp3) is 0.250. The minimum Gasteiger partial charge on any atom is -0.359 e. The average Bonchev–Trinajstić information content (AvgIpc) is 3.29. The number of fused-ring (bicyclic) bond motifs is 6. The largest absolute Gasteiger partial charge is 0.359 e. The summed E-state index contributed by atoms with van der Waals surface area (Å²) < 4.78 is 11.8. The van der Waals surface area contributed by atoms with Gasteiger partial charge in [0.1, 0.15) is 24.4 Å². The molecule has 0 radical (unpaired) electrons. The predicted molar refractivity (Wildman–Crippen MR) is 65.0 cm³/mol. The van der Waals surface area contributed by atoms with E-state index in [2.05, 4.69) is 36.4 Å². The Morgan fingerprint density at radius 3 is 1.22 bits per heavy atom. The maximum absolute atomic E-state index is 5.88. The van der Waals surface area contributed by atoms with Crippen LogP contribution in [0.2, 0.25) is 0 Å². The molecule has 4 aliphatic rings. The van der Waals surface area contributed by atoms with Crippen LogP contribution in [0.4, 0.5) is 0 Å². The molecule has 0 aromatic heterocycles. The molecule has 2 heteroatoms. The fourth-order valence-corrected chi connectivity index (χ4v) is 3.87. The lowest BCUT2D eigenvalue weighted by atomic mass is 9.76. The molecule has 2 nitrogen and oxygen atoms in total. The van der Waals surface area contributed by atoms with E-state index in [-0.39, 0.29) is 24.4 Å². The Kier molecular flexibility index (Phi) is 1.13. The van der Waals surface area contributed by atoms with Crippen molar-refractivity contribution in [1.29, 1.82) is 0 Å². The van der Waals surface area contributed by atoms with Gasteiger partial charge in [0.25, 0.3) is 0 Å². The molecule has 0 bridgehead atoms. The number of hydrogen-bond donors (Lipinski definition) is 0. The van der Waals surface area contributed by atoms with Crippen molar-refractivity contribution in [2.45, 2.75) is 24.4 Å². The Bertz CT molecular complexity index is 618. The molecule has 4 atom stereocenters. The van der Waals surface area contributed by atoms with Gasteiger partial charge in [-0.15, -0.1) is 0 Å². The summed E-state index contributed by atoms with van der Waals surface area (Å²) in [6, 6.07) is 13.1. The van der Waals surface area contributed by atoms with Gasteiger partial charge in [0, 0.05) is 0 Å². The molecule has 0 spiro atoms. The summed E-state index contributed by atoms with van der Waals surface area (Å²) in [5, 5.41) is 0. The molecule has 2 fully saturated rings. The zero-order chi connectivity index (χ0) is 11.4. The van der Waals surface area contributed by atoms with Crippen molar-refractivity contribution < 1.29 is 9.47 Å². The van der Waals surface area contributed by atoms with Crippen LogP contribution in [0.5, 0.6) is 0 Å². The van der Waals surface area contributed by atoms with Gasteiger partial charge in [-0.25, -0.2) is 0 Å². The highest BCUT2D eigenvalue weighted by atomic mass is 16.6. The van der Waals surface area contributed by atoms with Gasteiger partial charge >= 0.3 is 0 Å². The number of epoxide rings is 2. The molecule has 0 N–H and O–H groups in total. The third kappa shape index (κ3) is 0.753. The van der Waals surface area contributed by atoms with E-state index in [4.69, 9.17) is 9.47 Å². The third-order valence-corrected chi connectivity index (χ3v) is 4.72. The molecular weight excluding hydrogens is 224 g/mol. The molecule has 86 valence electrons. The number of rotatable bonds is 0. The van der Waals surface area contributed by atoms with Crippen molar-refractivity contribution in [3.8, 4) is 11.1 Å². The minimum absolute atomic E-state index is 0.290. The van der Waals surface area contributed by atoms with Gasteiger partial charge in [0.2, 0.25) is 0 Å². The summed E-state index contributed by atoms with van der Waals surface area (Å²) >= 11 is 0.